The average molecular weight is 368 g/mol. The molecule has 5 rings (SSSR count). The number of pyridine rings is 1. The summed E-state index contributed by atoms with van der Waals surface area (Å²) in [6.07, 6.45) is 7.33. The molecule has 2 N–H and O–H groups in total. The predicted molar refractivity (Wildman–Crippen MR) is 102 cm³/mol. The fourth-order valence-corrected chi connectivity index (χ4v) is 5.15. The number of aromatic nitrogens is 3. The molecule has 3 aliphatic heterocycles. The topological polar surface area (TPSA) is 74.6 Å². The fraction of sp³-hybridized carbons (Fsp3) is 0.650. The molecule has 0 aliphatic carbocycles. The normalized spacial score (nSPS) is 26.1. The Labute approximate surface area is 159 Å². The minimum Gasteiger partial charge on any atom is -0.341 e. The van der Waals surface area contributed by atoms with E-state index in [1.807, 2.05) is 24.4 Å². The van der Waals surface area contributed by atoms with Gasteiger partial charge in [-0.1, -0.05) is 6.07 Å². The van der Waals surface area contributed by atoms with Gasteiger partial charge in [-0.25, -0.2) is 0 Å². The first-order valence-corrected chi connectivity index (χ1v) is 10.3. The summed E-state index contributed by atoms with van der Waals surface area (Å²) in [4.78, 5) is 15.1. The molecule has 144 valence electrons. The van der Waals surface area contributed by atoms with Gasteiger partial charge in [0.2, 0.25) is 5.91 Å². The second-order valence-electron chi connectivity index (χ2n) is 8.47. The van der Waals surface area contributed by atoms with Crippen molar-refractivity contribution in [3.63, 3.8) is 0 Å². The van der Waals surface area contributed by atoms with Crippen LogP contribution in [0.5, 0.6) is 0 Å². The zero-order valence-corrected chi connectivity index (χ0v) is 15.7. The SMILES string of the molecule is O=C([C@@H]1CC2(CCNCC2)CN1)N1CCC(c2nnc3ccccn23)CC1. The molecule has 0 bridgehead atoms. The molecule has 5 heterocycles. The van der Waals surface area contributed by atoms with E-state index in [4.69, 9.17) is 0 Å². The zero-order chi connectivity index (χ0) is 18.3. The van der Waals surface area contributed by atoms with Gasteiger partial charge in [-0.3, -0.25) is 9.20 Å². The first kappa shape index (κ1) is 17.1. The molecule has 3 saturated heterocycles. The second-order valence-corrected chi connectivity index (χ2v) is 8.47. The maximum atomic E-state index is 13.0. The van der Waals surface area contributed by atoms with Crippen molar-refractivity contribution >= 4 is 11.6 Å². The van der Waals surface area contributed by atoms with Crippen molar-refractivity contribution < 1.29 is 4.79 Å². The van der Waals surface area contributed by atoms with Gasteiger partial charge >= 0.3 is 0 Å². The number of rotatable bonds is 2. The lowest BCUT2D eigenvalue weighted by molar-refractivity contribution is -0.134. The van der Waals surface area contributed by atoms with Crippen LogP contribution in [0.25, 0.3) is 5.65 Å². The van der Waals surface area contributed by atoms with Gasteiger partial charge < -0.3 is 15.5 Å². The summed E-state index contributed by atoms with van der Waals surface area (Å²) >= 11 is 0. The van der Waals surface area contributed by atoms with Crippen molar-refractivity contribution in [2.24, 2.45) is 5.41 Å². The number of carbonyl (C=O) groups is 1. The monoisotopic (exact) mass is 368 g/mol. The van der Waals surface area contributed by atoms with Crippen molar-refractivity contribution in [2.75, 3.05) is 32.7 Å². The van der Waals surface area contributed by atoms with Crippen LogP contribution in [-0.2, 0) is 4.79 Å². The second kappa shape index (κ2) is 6.87. The summed E-state index contributed by atoms with van der Waals surface area (Å²) in [7, 11) is 0. The van der Waals surface area contributed by atoms with Crippen LogP contribution in [0.1, 0.15) is 43.8 Å². The molecule has 1 amide bonds. The van der Waals surface area contributed by atoms with Crippen LogP contribution in [0.3, 0.4) is 0 Å². The van der Waals surface area contributed by atoms with Gasteiger partial charge in [-0.15, -0.1) is 10.2 Å². The predicted octanol–water partition coefficient (Wildman–Crippen LogP) is 1.17. The summed E-state index contributed by atoms with van der Waals surface area (Å²) in [6, 6.07) is 5.99. The van der Waals surface area contributed by atoms with Crippen LogP contribution in [0.2, 0.25) is 0 Å². The summed E-state index contributed by atoms with van der Waals surface area (Å²) in [5.74, 6) is 1.71. The van der Waals surface area contributed by atoms with Gasteiger partial charge in [0.05, 0.1) is 6.04 Å². The van der Waals surface area contributed by atoms with Crippen molar-refractivity contribution in [1.82, 2.24) is 30.1 Å². The highest BCUT2D eigenvalue weighted by atomic mass is 16.2. The first-order chi connectivity index (χ1) is 13.2. The molecule has 0 aromatic carbocycles. The molecule has 1 atom stereocenters. The Morgan fingerprint density at radius 1 is 1.15 bits per heavy atom. The number of hydrogen-bond acceptors (Lipinski definition) is 5. The number of nitrogens with one attached hydrogen (secondary N) is 2. The van der Waals surface area contributed by atoms with Crippen molar-refractivity contribution in [3.05, 3.63) is 30.2 Å². The van der Waals surface area contributed by atoms with Crippen molar-refractivity contribution in [1.29, 1.82) is 0 Å². The minimum absolute atomic E-state index is 0.00794. The Hall–Kier alpha value is -1.99. The van der Waals surface area contributed by atoms with Gasteiger partial charge in [0.1, 0.15) is 5.82 Å². The Morgan fingerprint density at radius 2 is 1.96 bits per heavy atom. The van der Waals surface area contributed by atoms with Crippen molar-refractivity contribution in [3.8, 4) is 0 Å². The van der Waals surface area contributed by atoms with E-state index < -0.39 is 0 Å². The number of carbonyl (C=O) groups excluding carboxylic acids is 1. The maximum absolute atomic E-state index is 13.0. The largest absolute Gasteiger partial charge is 0.341 e. The minimum atomic E-state index is 0.00794. The molecule has 7 heteroatoms. The Bertz CT molecular complexity index is 819. The summed E-state index contributed by atoms with van der Waals surface area (Å²) in [5.41, 5.74) is 1.23. The standard InChI is InChI=1S/C20H28N6O/c27-19(16-13-20(14-22-16)6-8-21-9-7-20)25-11-4-15(5-12-25)18-24-23-17-3-1-2-10-26(17)18/h1-3,10,15-16,21-22H,4-9,11-14H2/t16-/m0/s1. The van der Waals surface area contributed by atoms with E-state index in [9.17, 15) is 4.79 Å². The third-order valence-electron chi connectivity index (χ3n) is 6.83. The summed E-state index contributed by atoms with van der Waals surface area (Å²) in [6.45, 7) is 4.80. The van der Waals surface area contributed by atoms with Crippen molar-refractivity contribution in [2.45, 2.75) is 44.1 Å². The van der Waals surface area contributed by atoms with E-state index in [1.54, 1.807) is 0 Å². The molecule has 3 fully saturated rings. The number of likely N-dealkylation sites (tertiary alicyclic amines) is 1. The smallest absolute Gasteiger partial charge is 0.239 e. The molecule has 0 radical (unpaired) electrons. The fourth-order valence-electron chi connectivity index (χ4n) is 5.15. The maximum Gasteiger partial charge on any atom is 0.239 e. The van der Waals surface area contributed by atoms with E-state index in [2.05, 4.69) is 30.1 Å². The molecule has 7 nitrogen and oxygen atoms in total. The highest BCUT2D eigenvalue weighted by Crippen LogP contribution is 2.38. The van der Waals surface area contributed by atoms with Gasteiger partial charge in [0.15, 0.2) is 5.65 Å². The van der Waals surface area contributed by atoms with E-state index in [0.29, 0.717) is 17.2 Å². The highest BCUT2D eigenvalue weighted by Gasteiger charge is 2.43. The molecular formula is C20H28N6O. The Morgan fingerprint density at radius 3 is 2.78 bits per heavy atom. The zero-order valence-electron chi connectivity index (χ0n) is 15.7. The van der Waals surface area contributed by atoms with E-state index in [-0.39, 0.29) is 6.04 Å². The van der Waals surface area contributed by atoms with Gasteiger partial charge in [-0.2, -0.15) is 0 Å². The summed E-state index contributed by atoms with van der Waals surface area (Å²) in [5, 5.41) is 15.7. The third-order valence-corrected chi connectivity index (χ3v) is 6.83. The molecule has 0 unspecified atom stereocenters. The lowest BCUT2D eigenvalue weighted by Crippen LogP contribution is -2.46. The lowest BCUT2D eigenvalue weighted by Gasteiger charge is -2.34. The molecule has 27 heavy (non-hydrogen) atoms. The molecule has 2 aromatic heterocycles. The highest BCUT2D eigenvalue weighted by molar-refractivity contribution is 5.82. The van der Waals surface area contributed by atoms with Crippen LogP contribution < -0.4 is 10.6 Å². The molecule has 0 saturated carbocycles. The molecule has 3 aliphatic rings. The third kappa shape index (κ3) is 3.12. The number of piperidine rings is 2. The molecule has 1 spiro atoms. The molecule has 2 aromatic rings. The Kier molecular flexibility index (Phi) is 4.36. The summed E-state index contributed by atoms with van der Waals surface area (Å²) < 4.78 is 2.08. The van der Waals surface area contributed by atoms with Crippen LogP contribution in [0, 0.1) is 5.41 Å². The first-order valence-electron chi connectivity index (χ1n) is 10.3. The molecular weight excluding hydrogens is 340 g/mol. The van der Waals surface area contributed by atoms with Crippen LogP contribution in [0.15, 0.2) is 24.4 Å². The van der Waals surface area contributed by atoms with Gasteiger partial charge in [0, 0.05) is 31.7 Å². The number of hydrogen-bond donors (Lipinski definition) is 2. The van der Waals surface area contributed by atoms with Gasteiger partial charge in [0.25, 0.3) is 0 Å². The quantitative estimate of drug-likeness (QED) is 0.832. The Balaban J connectivity index is 1.21. The number of nitrogens with zero attached hydrogens (tertiary/aromatic N) is 4. The average Bonchev–Trinajstić information content (AvgIpc) is 3.33. The van der Waals surface area contributed by atoms with E-state index in [1.165, 1.54) is 12.8 Å². The van der Waals surface area contributed by atoms with Crippen LogP contribution in [-0.4, -0.2) is 64.2 Å². The number of amides is 1. The van der Waals surface area contributed by atoms with E-state index in [0.717, 1.165) is 63.5 Å². The lowest BCUT2D eigenvalue weighted by atomic mass is 9.77. The van der Waals surface area contributed by atoms with Crippen LogP contribution in [0.4, 0.5) is 0 Å². The van der Waals surface area contributed by atoms with Gasteiger partial charge in [-0.05, 0) is 62.7 Å². The van der Waals surface area contributed by atoms with Crippen LogP contribution >= 0.6 is 0 Å². The number of fused-ring (bicyclic) bond motifs is 1. The van der Waals surface area contributed by atoms with E-state index >= 15 is 0 Å².